The van der Waals surface area contributed by atoms with E-state index in [1.54, 1.807) is 0 Å². The molecule has 0 aromatic heterocycles. The lowest BCUT2D eigenvalue weighted by Gasteiger charge is -2.51. The first-order chi connectivity index (χ1) is 9.36. The Labute approximate surface area is 125 Å². The topological polar surface area (TPSA) is 46.2 Å². The van der Waals surface area contributed by atoms with E-state index >= 15 is 0 Å². The van der Waals surface area contributed by atoms with Crippen molar-refractivity contribution in [1.82, 2.24) is 0 Å². The summed E-state index contributed by atoms with van der Waals surface area (Å²) >= 11 is 0. The summed E-state index contributed by atoms with van der Waals surface area (Å²) in [4.78, 5) is 0. The van der Waals surface area contributed by atoms with E-state index in [0.717, 1.165) is 44.4 Å². The Kier molecular flexibility index (Phi) is 4.86. The van der Waals surface area contributed by atoms with Crippen LogP contribution >= 0.6 is 0 Å². The third-order valence-corrected chi connectivity index (χ3v) is 6.68. The van der Waals surface area contributed by atoms with Gasteiger partial charge in [0.15, 0.2) is 0 Å². The maximum Gasteiger partial charge on any atom is 0.0716 e. The summed E-state index contributed by atoms with van der Waals surface area (Å²) in [6.07, 6.45) is 11.5. The van der Waals surface area contributed by atoms with Crippen LogP contribution < -0.4 is 5.73 Å². The van der Waals surface area contributed by atoms with Gasteiger partial charge in [-0.3, -0.25) is 0 Å². The molecule has 2 rings (SSSR count). The van der Waals surface area contributed by atoms with E-state index < -0.39 is 5.60 Å². The lowest BCUT2D eigenvalue weighted by molar-refractivity contribution is -0.116. The molecular weight excluding hydrogens is 246 g/mol. The van der Waals surface area contributed by atoms with Gasteiger partial charge in [0.05, 0.1) is 5.60 Å². The highest BCUT2D eigenvalue weighted by Crippen LogP contribution is 2.53. The van der Waals surface area contributed by atoms with Gasteiger partial charge in [0.2, 0.25) is 0 Å². The molecule has 2 aliphatic rings. The van der Waals surface area contributed by atoms with Crippen molar-refractivity contribution in [3.8, 4) is 0 Å². The van der Waals surface area contributed by atoms with Crippen molar-refractivity contribution in [2.24, 2.45) is 22.5 Å². The van der Waals surface area contributed by atoms with Crippen molar-refractivity contribution in [2.45, 2.75) is 90.6 Å². The van der Waals surface area contributed by atoms with Gasteiger partial charge in [0.1, 0.15) is 0 Å². The highest BCUT2D eigenvalue weighted by atomic mass is 16.3. The zero-order valence-corrected chi connectivity index (χ0v) is 13.9. The minimum atomic E-state index is -0.506. The Hall–Kier alpha value is -0.0800. The molecule has 0 amide bonds. The molecule has 2 fully saturated rings. The predicted octanol–water partition coefficient (Wildman–Crippen LogP) is 4.25. The van der Waals surface area contributed by atoms with Crippen molar-refractivity contribution >= 4 is 0 Å². The average Bonchev–Trinajstić information content (AvgIpc) is 2.58. The second kappa shape index (κ2) is 5.96. The van der Waals surface area contributed by atoms with Gasteiger partial charge in [-0.1, -0.05) is 33.6 Å². The van der Waals surface area contributed by atoms with Gasteiger partial charge in [-0.2, -0.15) is 0 Å². The summed E-state index contributed by atoms with van der Waals surface area (Å²) < 4.78 is 0. The van der Waals surface area contributed by atoms with Crippen LogP contribution in [-0.2, 0) is 0 Å². The van der Waals surface area contributed by atoms with E-state index in [4.69, 9.17) is 5.73 Å². The molecule has 0 spiro atoms. The van der Waals surface area contributed by atoms with E-state index in [0.29, 0.717) is 12.0 Å². The van der Waals surface area contributed by atoms with Gasteiger partial charge < -0.3 is 10.8 Å². The predicted molar refractivity (Wildman–Crippen MR) is 85.6 cm³/mol. The van der Waals surface area contributed by atoms with Crippen molar-refractivity contribution in [1.29, 1.82) is 0 Å². The maximum atomic E-state index is 11.4. The first-order valence-electron chi connectivity index (χ1n) is 8.79. The summed E-state index contributed by atoms with van der Waals surface area (Å²) in [5.74, 6) is 0.862. The second-order valence-corrected chi connectivity index (χ2v) is 8.39. The van der Waals surface area contributed by atoms with Crippen LogP contribution in [0.2, 0.25) is 0 Å². The highest BCUT2D eigenvalue weighted by molar-refractivity contribution is 5.03. The van der Waals surface area contributed by atoms with Crippen LogP contribution in [0.4, 0.5) is 0 Å². The molecule has 0 aliphatic heterocycles. The first kappa shape index (κ1) is 16.3. The van der Waals surface area contributed by atoms with Crippen molar-refractivity contribution < 1.29 is 5.11 Å². The van der Waals surface area contributed by atoms with Crippen molar-refractivity contribution in [3.05, 3.63) is 0 Å². The van der Waals surface area contributed by atoms with Gasteiger partial charge in [-0.15, -0.1) is 0 Å². The number of hydrogen-bond acceptors (Lipinski definition) is 2. The Morgan fingerprint density at radius 1 is 1.00 bits per heavy atom. The molecule has 118 valence electrons. The zero-order valence-electron chi connectivity index (χ0n) is 13.9. The van der Waals surface area contributed by atoms with Crippen LogP contribution in [0.1, 0.15) is 85.0 Å². The van der Waals surface area contributed by atoms with Gasteiger partial charge in [-0.05, 0) is 62.7 Å². The quantitative estimate of drug-likeness (QED) is 0.760. The van der Waals surface area contributed by atoms with E-state index in [1.165, 1.54) is 25.7 Å². The number of aliphatic hydroxyl groups is 1. The van der Waals surface area contributed by atoms with Gasteiger partial charge >= 0.3 is 0 Å². The smallest absolute Gasteiger partial charge is 0.0716 e. The van der Waals surface area contributed by atoms with Crippen LogP contribution in [0.15, 0.2) is 0 Å². The Bertz CT molecular complexity index is 317. The number of nitrogens with two attached hydrogens (primary N) is 1. The monoisotopic (exact) mass is 281 g/mol. The maximum absolute atomic E-state index is 11.4. The molecular formula is C18H35NO. The van der Waals surface area contributed by atoms with Crippen molar-refractivity contribution in [2.75, 3.05) is 6.54 Å². The molecule has 20 heavy (non-hydrogen) atoms. The molecule has 0 saturated heterocycles. The molecule has 0 heterocycles. The minimum Gasteiger partial charge on any atom is -0.389 e. The molecule has 0 bridgehead atoms. The molecule has 0 aromatic carbocycles. The first-order valence-corrected chi connectivity index (χ1v) is 8.79. The summed E-state index contributed by atoms with van der Waals surface area (Å²) in [7, 11) is 0. The normalized spacial score (nSPS) is 42.1. The average molecular weight is 281 g/mol. The molecule has 3 N–H and O–H groups in total. The Morgan fingerprint density at radius 2 is 1.65 bits per heavy atom. The van der Waals surface area contributed by atoms with E-state index in [9.17, 15) is 5.11 Å². The third-order valence-electron chi connectivity index (χ3n) is 6.68. The van der Waals surface area contributed by atoms with Crippen LogP contribution in [0.25, 0.3) is 0 Å². The van der Waals surface area contributed by atoms with Crippen LogP contribution in [-0.4, -0.2) is 17.3 Å². The molecule has 0 radical (unpaired) electrons. The summed E-state index contributed by atoms with van der Waals surface area (Å²) in [6, 6.07) is 0. The molecule has 0 aromatic rings. The number of rotatable bonds is 3. The second-order valence-electron chi connectivity index (χ2n) is 8.39. The minimum absolute atomic E-state index is 0.000903. The SMILES string of the molecule is CCC1CCC(CN)(C2(O)CCCC(C)(C)CC2)CC1. The summed E-state index contributed by atoms with van der Waals surface area (Å²) in [5.41, 5.74) is 6.08. The highest BCUT2D eigenvalue weighted by Gasteiger charge is 2.51. The molecule has 2 heteroatoms. The van der Waals surface area contributed by atoms with E-state index in [2.05, 4.69) is 20.8 Å². The summed E-state index contributed by atoms with van der Waals surface area (Å²) in [5, 5.41) is 11.4. The van der Waals surface area contributed by atoms with E-state index in [1.807, 2.05) is 0 Å². The molecule has 2 aliphatic carbocycles. The lowest BCUT2D eigenvalue weighted by atomic mass is 9.58. The third kappa shape index (κ3) is 3.06. The summed E-state index contributed by atoms with van der Waals surface area (Å²) in [6.45, 7) is 7.66. The van der Waals surface area contributed by atoms with Crippen LogP contribution in [0.3, 0.4) is 0 Å². The fraction of sp³-hybridized carbons (Fsp3) is 1.00. The van der Waals surface area contributed by atoms with Gasteiger partial charge in [0, 0.05) is 12.0 Å². The molecule has 1 atom stereocenters. The standard InChI is InChI=1S/C18H35NO/c1-4-15-6-10-17(14-19,11-7-15)18(20)9-5-8-16(2,3)12-13-18/h15,20H,4-14,19H2,1-3H3. The van der Waals surface area contributed by atoms with Crippen LogP contribution in [0.5, 0.6) is 0 Å². The van der Waals surface area contributed by atoms with Crippen molar-refractivity contribution in [3.63, 3.8) is 0 Å². The molecule has 2 saturated carbocycles. The van der Waals surface area contributed by atoms with Crippen LogP contribution in [0, 0.1) is 16.7 Å². The Morgan fingerprint density at radius 3 is 2.20 bits per heavy atom. The Balaban J connectivity index is 2.13. The van der Waals surface area contributed by atoms with Gasteiger partial charge in [-0.25, -0.2) is 0 Å². The fourth-order valence-corrected chi connectivity index (χ4v) is 4.68. The molecule has 1 unspecified atom stereocenters. The van der Waals surface area contributed by atoms with E-state index in [-0.39, 0.29) is 5.41 Å². The largest absolute Gasteiger partial charge is 0.389 e. The fourth-order valence-electron chi connectivity index (χ4n) is 4.68. The molecule has 2 nitrogen and oxygen atoms in total. The van der Waals surface area contributed by atoms with Gasteiger partial charge in [0.25, 0.3) is 0 Å². The lowest BCUT2D eigenvalue weighted by Crippen LogP contribution is -2.54. The zero-order chi connectivity index (χ0) is 14.9. The number of hydrogen-bond donors (Lipinski definition) is 2.